The summed E-state index contributed by atoms with van der Waals surface area (Å²) in [7, 11) is 0. The van der Waals surface area contributed by atoms with Crippen LogP contribution in [0.3, 0.4) is 0 Å². The standard InChI is InChI=1S/C17H25N3O2/c1-12(2)19-16-6-3-14(9-18-16)17(21)20(15-4-5-15)10-13-7-8-22-11-13/h3,6,9,12-13,15H,4-5,7-8,10-11H2,1-2H3,(H,18,19)/t13-/m1/s1. The Balaban J connectivity index is 1.66. The molecule has 1 aromatic rings. The predicted octanol–water partition coefficient (Wildman–Crippen LogP) is 2.54. The van der Waals surface area contributed by atoms with Gasteiger partial charge in [0.05, 0.1) is 12.2 Å². The Morgan fingerprint density at radius 3 is 2.77 bits per heavy atom. The van der Waals surface area contributed by atoms with Gasteiger partial charge in [-0.25, -0.2) is 4.98 Å². The lowest BCUT2D eigenvalue weighted by molar-refractivity contribution is 0.0706. The van der Waals surface area contributed by atoms with Gasteiger partial charge >= 0.3 is 0 Å². The number of anilines is 1. The van der Waals surface area contributed by atoms with Gasteiger partial charge in [0.15, 0.2) is 0 Å². The van der Waals surface area contributed by atoms with Crippen LogP contribution in [0.1, 0.15) is 43.5 Å². The van der Waals surface area contributed by atoms with Crippen molar-refractivity contribution in [3.05, 3.63) is 23.9 Å². The number of pyridine rings is 1. The molecular formula is C17H25N3O2. The lowest BCUT2D eigenvalue weighted by Crippen LogP contribution is -2.37. The molecule has 1 saturated heterocycles. The number of carbonyl (C=O) groups is 1. The maximum atomic E-state index is 12.8. The normalized spacial score (nSPS) is 21.1. The first-order valence-electron chi connectivity index (χ1n) is 8.25. The lowest BCUT2D eigenvalue weighted by atomic mass is 10.1. The molecule has 120 valence electrons. The Morgan fingerprint density at radius 2 is 2.23 bits per heavy atom. The Hall–Kier alpha value is -1.62. The monoisotopic (exact) mass is 303 g/mol. The summed E-state index contributed by atoms with van der Waals surface area (Å²) < 4.78 is 5.44. The molecule has 1 atom stereocenters. The summed E-state index contributed by atoms with van der Waals surface area (Å²) in [4.78, 5) is 19.2. The summed E-state index contributed by atoms with van der Waals surface area (Å²) >= 11 is 0. The van der Waals surface area contributed by atoms with Crippen molar-refractivity contribution in [3.63, 3.8) is 0 Å². The lowest BCUT2D eigenvalue weighted by Gasteiger charge is -2.25. The largest absolute Gasteiger partial charge is 0.381 e. The van der Waals surface area contributed by atoms with E-state index in [0.29, 0.717) is 23.6 Å². The van der Waals surface area contributed by atoms with Crippen LogP contribution in [0.5, 0.6) is 0 Å². The molecule has 1 aliphatic carbocycles. The number of ether oxygens (including phenoxy) is 1. The highest BCUT2D eigenvalue weighted by atomic mass is 16.5. The summed E-state index contributed by atoms with van der Waals surface area (Å²) in [6, 6.07) is 4.51. The van der Waals surface area contributed by atoms with Gasteiger partial charge in [0.1, 0.15) is 5.82 Å². The SMILES string of the molecule is CC(C)Nc1ccc(C(=O)N(C[C@H]2CCOC2)C2CC2)cn1. The minimum absolute atomic E-state index is 0.109. The Bertz CT molecular complexity index is 505. The van der Waals surface area contributed by atoms with E-state index in [2.05, 4.69) is 24.1 Å². The fourth-order valence-corrected chi connectivity index (χ4v) is 2.86. The van der Waals surface area contributed by atoms with Gasteiger partial charge in [-0.05, 0) is 45.2 Å². The number of nitrogens with zero attached hydrogens (tertiary/aromatic N) is 2. The maximum absolute atomic E-state index is 12.8. The number of hydrogen-bond acceptors (Lipinski definition) is 4. The van der Waals surface area contributed by atoms with Crippen LogP contribution in [-0.4, -0.2) is 47.6 Å². The van der Waals surface area contributed by atoms with Crippen LogP contribution in [0.15, 0.2) is 18.3 Å². The third kappa shape index (κ3) is 3.77. The summed E-state index contributed by atoms with van der Waals surface area (Å²) in [5, 5.41) is 3.24. The van der Waals surface area contributed by atoms with Crippen molar-refractivity contribution in [1.29, 1.82) is 0 Å². The second-order valence-corrected chi connectivity index (χ2v) is 6.65. The van der Waals surface area contributed by atoms with Crippen LogP contribution >= 0.6 is 0 Å². The third-order valence-electron chi connectivity index (χ3n) is 4.17. The highest BCUT2D eigenvalue weighted by molar-refractivity contribution is 5.94. The zero-order chi connectivity index (χ0) is 15.5. The first kappa shape index (κ1) is 15.3. The van der Waals surface area contributed by atoms with Gasteiger partial charge in [0, 0.05) is 37.4 Å². The molecule has 1 saturated carbocycles. The maximum Gasteiger partial charge on any atom is 0.255 e. The third-order valence-corrected chi connectivity index (χ3v) is 4.17. The van der Waals surface area contributed by atoms with Crippen LogP contribution in [0.25, 0.3) is 0 Å². The number of amides is 1. The average Bonchev–Trinajstić information content (AvgIpc) is 3.21. The zero-order valence-electron chi connectivity index (χ0n) is 13.4. The quantitative estimate of drug-likeness (QED) is 0.877. The zero-order valence-corrected chi connectivity index (χ0v) is 13.4. The molecule has 2 aliphatic rings. The minimum atomic E-state index is 0.109. The van der Waals surface area contributed by atoms with Crippen LogP contribution in [0, 0.1) is 5.92 Å². The van der Waals surface area contributed by atoms with E-state index < -0.39 is 0 Å². The summed E-state index contributed by atoms with van der Waals surface area (Å²) in [6.45, 7) is 6.56. The van der Waals surface area contributed by atoms with Gasteiger partial charge < -0.3 is 15.0 Å². The number of aromatic nitrogens is 1. The molecule has 0 unspecified atom stereocenters. The van der Waals surface area contributed by atoms with Gasteiger partial charge in [0.2, 0.25) is 0 Å². The van der Waals surface area contributed by atoms with E-state index in [1.165, 1.54) is 0 Å². The second-order valence-electron chi connectivity index (χ2n) is 6.65. The van der Waals surface area contributed by atoms with E-state index in [0.717, 1.165) is 44.8 Å². The van der Waals surface area contributed by atoms with Crippen molar-refractivity contribution >= 4 is 11.7 Å². The summed E-state index contributed by atoms with van der Waals surface area (Å²) in [5.41, 5.74) is 0.681. The molecule has 0 bridgehead atoms. The fraction of sp³-hybridized carbons (Fsp3) is 0.647. The van der Waals surface area contributed by atoms with Crippen molar-refractivity contribution in [3.8, 4) is 0 Å². The van der Waals surface area contributed by atoms with Gasteiger partial charge in [0.25, 0.3) is 5.91 Å². The first-order valence-corrected chi connectivity index (χ1v) is 8.25. The van der Waals surface area contributed by atoms with Crippen molar-refractivity contribution < 1.29 is 9.53 Å². The molecule has 1 N–H and O–H groups in total. The van der Waals surface area contributed by atoms with Gasteiger partial charge in [-0.1, -0.05) is 0 Å². The van der Waals surface area contributed by atoms with E-state index >= 15 is 0 Å². The first-order chi connectivity index (χ1) is 10.6. The predicted molar refractivity (Wildman–Crippen MR) is 86.0 cm³/mol. The van der Waals surface area contributed by atoms with E-state index in [4.69, 9.17) is 4.74 Å². The van der Waals surface area contributed by atoms with Crippen LogP contribution in [-0.2, 0) is 4.74 Å². The van der Waals surface area contributed by atoms with Crippen molar-refractivity contribution in [2.75, 3.05) is 25.1 Å². The molecule has 3 rings (SSSR count). The highest BCUT2D eigenvalue weighted by Crippen LogP contribution is 2.30. The molecule has 5 heteroatoms. The molecule has 22 heavy (non-hydrogen) atoms. The molecule has 1 amide bonds. The van der Waals surface area contributed by atoms with Crippen LogP contribution in [0.4, 0.5) is 5.82 Å². The molecule has 2 fully saturated rings. The molecule has 0 aromatic carbocycles. The number of rotatable bonds is 6. The Morgan fingerprint density at radius 1 is 1.41 bits per heavy atom. The number of hydrogen-bond donors (Lipinski definition) is 1. The van der Waals surface area contributed by atoms with Gasteiger partial charge in [-0.15, -0.1) is 0 Å². The van der Waals surface area contributed by atoms with E-state index in [9.17, 15) is 4.79 Å². The molecule has 0 spiro atoms. The molecular weight excluding hydrogens is 278 g/mol. The average molecular weight is 303 g/mol. The van der Waals surface area contributed by atoms with E-state index in [1.54, 1.807) is 6.20 Å². The minimum Gasteiger partial charge on any atom is -0.381 e. The van der Waals surface area contributed by atoms with Crippen molar-refractivity contribution in [2.45, 2.75) is 45.2 Å². The number of carbonyl (C=O) groups excluding carboxylic acids is 1. The van der Waals surface area contributed by atoms with Crippen LogP contribution < -0.4 is 5.32 Å². The van der Waals surface area contributed by atoms with Gasteiger partial charge in [-0.2, -0.15) is 0 Å². The fourth-order valence-electron chi connectivity index (χ4n) is 2.86. The number of nitrogens with one attached hydrogen (secondary N) is 1. The molecule has 0 radical (unpaired) electrons. The van der Waals surface area contributed by atoms with E-state index in [1.807, 2.05) is 17.0 Å². The molecule has 1 aromatic heterocycles. The van der Waals surface area contributed by atoms with Crippen molar-refractivity contribution in [2.24, 2.45) is 5.92 Å². The second kappa shape index (κ2) is 6.65. The summed E-state index contributed by atoms with van der Waals surface area (Å²) in [6.07, 6.45) is 5.00. The smallest absolute Gasteiger partial charge is 0.255 e. The van der Waals surface area contributed by atoms with Crippen LogP contribution in [0.2, 0.25) is 0 Å². The Kier molecular flexibility index (Phi) is 4.62. The molecule has 5 nitrogen and oxygen atoms in total. The van der Waals surface area contributed by atoms with Gasteiger partial charge in [-0.3, -0.25) is 4.79 Å². The Labute approximate surface area is 132 Å². The highest BCUT2D eigenvalue weighted by Gasteiger charge is 2.35. The molecule has 2 heterocycles. The molecule has 1 aliphatic heterocycles. The van der Waals surface area contributed by atoms with E-state index in [-0.39, 0.29) is 5.91 Å². The van der Waals surface area contributed by atoms with Crippen molar-refractivity contribution in [1.82, 2.24) is 9.88 Å². The summed E-state index contributed by atoms with van der Waals surface area (Å²) in [5.74, 6) is 1.41. The topological polar surface area (TPSA) is 54.5 Å².